The molecule has 0 aromatic heterocycles. The molecular formula is C11H12ClNO5. The van der Waals surface area contributed by atoms with Crippen LogP contribution in [0.2, 0.25) is 0 Å². The number of alkyl halides is 1. The van der Waals surface area contributed by atoms with Gasteiger partial charge in [-0.1, -0.05) is 0 Å². The fourth-order valence-electron chi connectivity index (χ4n) is 1.51. The third-order valence-corrected chi connectivity index (χ3v) is 2.70. The number of esters is 1. The van der Waals surface area contributed by atoms with Gasteiger partial charge in [0.15, 0.2) is 0 Å². The zero-order valence-corrected chi connectivity index (χ0v) is 10.7. The molecule has 0 aliphatic rings. The Balaban J connectivity index is 3.29. The molecule has 1 aromatic rings. The van der Waals surface area contributed by atoms with Crippen LogP contribution in [0.25, 0.3) is 0 Å². The highest BCUT2D eigenvalue weighted by Gasteiger charge is 2.19. The fraction of sp³-hybridized carbons (Fsp3) is 0.364. The molecular weight excluding hydrogens is 262 g/mol. The summed E-state index contributed by atoms with van der Waals surface area (Å²) in [6.45, 7) is 0. The van der Waals surface area contributed by atoms with Crippen LogP contribution in [0.15, 0.2) is 12.1 Å². The van der Waals surface area contributed by atoms with Gasteiger partial charge in [0.05, 0.1) is 31.6 Å². The lowest BCUT2D eigenvalue weighted by Crippen LogP contribution is -2.08. The minimum atomic E-state index is -0.541. The molecule has 7 heteroatoms. The van der Waals surface area contributed by atoms with Crippen molar-refractivity contribution in [3.8, 4) is 5.75 Å². The van der Waals surface area contributed by atoms with Gasteiger partial charge in [-0.25, -0.2) is 0 Å². The number of rotatable bonds is 5. The number of benzene rings is 1. The van der Waals surface area contributed by atoms with Crippen LogP contribution in [0, 0.1) is 10.1 Å². The minimum absolute atomic E-state index is 0.0419. The predicted molar refractivity (Wildman–Crippen MR) is 64.9 cm³/mol. The Kier molecular flexibility index (Phi) is 4.91. The molecule has 0 amide bonds. The van der Waals surface area contributed by atoms with Crippen molar-refractivity contribution in [2.45, 2.75) is 12.3 Å². The van der Waals surface area contributed by atoms with Gasteiger partial charge in [0.1, 0.15) is 5.75 Å². The number of nitrogens with zero attached hydrogens (tertiary/aromatic N) is 1. The smallest absolute Gasteiger partial charge is 0.310 e. The number of ether oxygens (including phenoxy) is 2. The second kappa shape index (κ2) is 6.20. The molecule has 0 aliphatic carbocycles. The molecule has 0 spiro atoms. The second-order valence-electron chi connectivity index (χ2n) is 3.43. The van der Waals surface area contributed by atoms with E-state index in [1.54, 1.807) is 0 Å². The molecule has 1 aromatic carbocycles. The monoisotopic (exact) mass is 273 g/mol. The summed E-state index contributed by atoms with van der Waals surface area (Å²) in [6.07, 6.45) is -0.0419. The topological polar surface area (TPSA) is 78.7 Å². The van der Waals surface area contributed by atoms with Crippen LogP contribution in [0.3, 0.4) is 0 Å². The average molecular weight is 274 g/mol. The molecule has 0 unspecified atom stereocenters. The average Bonchev–Trinajstić information content (AvgIpc) is 2.38. The highest BCUT2D eigenvalue weighted by Crippen LogP contribution is 2.30. The second-order valence-corrected chi connectivity index (χ2v) is 3.70. The maximum Gasteiger partial charge on any atom is 0.310 e. The third-order valence-electron chi connectivity index (χ3n) is 2.41. The van der Waals surface area contributed by atoms with E-state index in [1.165, 1.54) is 26.4 Å². The summed E-state index contributed by atoms with van der Waals surface area (Å²) in [6, 6.07) is 2.59. The van der Waals surface area contributed by atoms with E-state index in [4.69, 9.17) is 16.3 Å². The highest BCUT2D eigenvalue weighted by atomic mass is 35.5. The van der Waals surface area contributed by atoms with Crippen LogP contribution in [-0.4, -0.2) is 25.1 Å². The molecule has 98 valence electrons. The van der Waals surface area contributed by atoms with E-state index in [2.05, 4.69) is 4.74 Å². The van der Waals surface area contributed by atoms with E-state index in [9.17, 15) is 14.9 Å². The van der Waals surface area contributed by atoms with E-state index < -0.39 is 10.9 Å². The summed E-state index contributed by atoms with van der Waals surface area (Å²) in [4.78, 5) is 21.5. The summed E-state index contributed by atoms with van der Waals surface area (Å²) in [5.74, 6) is -0.163. The van der Waals surface area contributed by atoms with E-state index in [0.717, 1.165) is 0 Å². The van der Waals surface area contributed by atoms with Gasteiger partial charge < -0.3 is 9.47 Å². The lowest BCUT2D eigenvalue weighted by Gasteiger charge is -2.11. The first-order chi connectivity index (χ1) is 8.53. The Morgan fingerprint density at radius 3 is 2.56 bits per heavy atom. The number of carbonyl (C=O) groups is 1. The van der Waals surface area contributed by atoms with E-state index >= 15 is 0 Å². The van der Waals surface area contributed by atoms with Crippen LogP contribution in [0.4, 0.5) is 5.69 Å². The fourth-order valence-corrected chi connectivity index (χ4v) is 1.75. The lowest BCUT2D eigenvalue weighted by molar-refractivity contribution is -0.385. The van der Waals surface area contributed by atoms with Crippen LogP contribution in [0.5, 0.6) is 5.75 Å². The predicted octanol–water partition coefficient (Wildman–Crippen LogP) is 2.06. The van der Waals surface area contributed by atoms with Gasteiger partial charge in [-0.3, -0.25) is 14.9 Å². The molecule has 1 rings (SSSR count). The Hall–Kier alpha value is -1.82. The SMILES string of the molecule is COC(=O)Cc1c(CCl)cc([N+](=O)[O-])cc1OC. The van der Waals surface area contributed by atoms with Gasteiger partial charge in [0.2, 0.25) is 0 Å². The van der Waals surface area contributed by atoms with E-state index in [-0.39, 0.29) is 23.7 Å². The van der Waals surface area contributed by atoms with Crippen LogP contribution in [0.1, 0.15) is 11.1 Å². The van der Waals surface area contributed by atoms with Gasteiger partial charge in [-0.2, -0.15) is 0 Å². The largest absolute Gasteiger partial charge is 0.496 e. The molecule has 0 radical (unpaired) electrons. The molecule has 0 saturated carbocycles. The van der Waals surface area contributed by atoms with Crippen molar-refractivity contribution in [3.05, 3.63) is 33.4 Å². The van der Waals surface area contributed by atoms with Gasteiger partial charge in [0, 0.05) is 17.5 Å². The number of hydrogen-bond donors (Lipinski definition) is 0. The normalized spacial score (nSPS) is 9.94. The van der Waals surface area contributed by atoms with Crippen LogP contribution in [-0.2, 0) is 21.8 Å². The van der Waals surface area contributed by atoms with E-state index in [1.807, 2.05) is 0 Å². The molecule has 0 aliphatic heterocycles. The molecule has 0 saturated heterocycles. The summed E-state index contributed by atoms with van der Waals surface area (Å²) in [7, 11) is 2.64. The Morgan fingerprint density at radius 1 is 1.44 bits per heavy atom. The number of halogens is 1. The molecule has 0 heterocycles. The van der Waals surface area contributed by atoms with Crippen LogP contribution < -0.4 is 4.74 Å². The summed E-state index contributed by atoms with van der Waals surface area (Å²) in [5, 5.41) is 10.7. The molecule has 6 nitrogen and oxygen atoms in total. The molecule has 0 atom stereocenters. The van der Waals surface area contributed by atoms with Crippen molar-refractivity contribution in [1.82, 2.24) is 0 Å². The number of carbonyl (C=O) groups excluding carboxylic acids is 1. The summed E-state index contributed by atoms with van der Waals surface area (Å²) in [5.41, 5.74) is 0.856. The standard InChI is InChI=1S/C11H12ClNO5/c1-17-10-4-8(13(15)16)3-7(6-12)9(10)5-11(14)18-2/h3-4H,5-6H2,1-2H3. The maximum atomic E-state index is 11.3. The zero-order valence-electron chi connectivity index (χ0n) is 9.94. The highest BCUT2D eigenvalue weighted by molar-refractivity contribution is 6.17. The van der Waals surface area contributed by atoms with Crippen molar-refractivity contribution < 1.29 is 19.2 Å². The number of nitro benzene ring substituents is 1. The Labute approximate surface area is 109 Å². The zero-order chi connectivity index (χ0) is 13.7. The molecule has 18 heavy (non-hydrogen) atoms. The summed E-state index contributed by atoms with van der Waals surface area (Å²) >= 11 is 5.73. The number of non-ortho nitro benzene ring substituents is 1. The van der Waals surface area contributed by atoms with Gasteiger partial charge in [0.25, 0.3) is 5.69 Å². The molecule has 0 bridgehead atoms. The lowest BCUT2D eigenvalue weighted by atomic mass is 10.0. The van der Waals surface area contributed by atoms with Crippen molar-refractivity contribution in [2.75, 3.05) is 14.2 Å². The summed E-state index contributed by atoms with van der Waals surface area (Å²) < 4.78 is 9.61. The number of hydrogen-bond acceptors (Lipinski definition) is 5. The van der Waals surface area contributed by atoms with E-state index in [0.29, 0.717) is 11.1 Å². The van der Waals surface area contributed by atoms with Gasteiger partial charge in [-0.05, 0) is 5.56 Å². The van der Waals surface area contributed by atoms with Gasteiger partial charge in [-0.15, -0.1) is 11.6 Å². The van der Waals surface area contributed by atoms with Crippen molar-refractivity contribution in [1.29, 1.82) is 0 Å². The number of methoxy groups -OCH3 is 2. The first kappa shape index (κ1) is 14.2. The number of nitro groups is 1. The maximum absolute atomic E-state index is 11.3. The first-order valence-corrected chi connectivity index (χ1v) is 5.53. The van der Waals surface area contributed by atoms with Crippen LogP contribution >= 0.6 is 11.6 Å². The first-order valence-electron chi connectivity index (χ1n) is 5.00. The van der Waals surface area contributed by atoms with Gasteiger partial charge >= 0.3 is 5.97 Å². The quantitative estimate of drug-likeness (QED) is 0.355. The van der Waals surface area contributed by atoms with Crippen molar-refractivity contribution in [2.24, 2.45) is 0 Å². The molecule has 0 N–H and O–H groups in total. The van der Waals surface area contributed by atoms with Crippen molar-refractivity contribution >= 4 is 23.3 Å². The molecule has 0 fully saturated rings. The Morgan fingerprint density at radius 2 is 2.11 bits per heavy atom. The third kappa shape index (κ3) is 3.10. The minimum Gasteiger partial charge on any atom is -0.496 e. The Bertz CT molecular complexity index is 449. The van der Waals surface area contributed by atoms with Crippen molar-refractivity contribution in [3.63, 3.8) is 0 Å².